The highest BCUT2D eigenvalue weighted by atomic mass is 16.7. The second-order valence-corrected chi connectivity index (χ2v) is 12.0. The van der Waals surface area contributed by atoms with Crippen molar-refractivity contribution in [1.29, 1.82) is 0 Å². The minimum Gasteiger partial charge on any atom is -0.388 e. The van der Waals surface area contributed by atoms with E-state index in [1.807, 2.05) is 0 Å². The van der Waals surface area contributed by atoms with Gasteiger partial charge in [-0.3, -0.25) is 24.1 Å². The summed E-state index contributed by atoms with van der Waals surface area (Å²) in [5.74, 6) is -1.56. The van der Waals surface area contributed by atoms with Gasteiger partial charge in [-0.2, -0.15) is 0 Å². The zero-order chi connectivity index (χ0) is 36.5. The number of nitrogens with one attached hydrogen (secondary N) is 4. The van der Waals surface area contributed by atoms with E-state index in [0.29, 0.717) is 32.2 Å². The molecular weight excluding hydrogens is 654 g/mol. The van der Waals surface area contributed by atoms with Gasteiger partial charge < -0.3 is 70.9 Å². The van der Waals surface area contributed by atoms with Crippen molar-refractivity contribution in [2.45, 2.75) is 107 Å². The highest BCUT2D eigenvalue weighted by molar-refractivity contribution is 5.84. The third-order valence-electron chi connectivity index (χ3n) is 8.08. The quantitative estimate of drug-likeness (QED) is 0.0500. The van der Waals surface area contributed by atoms with Crippen molar-refractivity contribution in [1.82, 2.24) is 26.2 Å². The summed E-state index contributed by atoms with van der Waals surface area (Å²) in [7, 11) is 1.56. The van der Waals surface area contributed by atoms with E-state index in [0.717, 1.165) is 6.42 Å². The summed E-state index contributed by atoms with van der Waals surface area (Å²) in [6.45, 7) is 2.34. The van der Waals surface area contributed by atoms with E-state index >= 15 is 0 Å². The van der Waals surface area contributed by atoms with Crippen LogP contribution in [-0.2, 0) is 38.1 Å². The molecule has 284 valence electrons. The van der Waals surface area contributed by atoms with Gasteiger partial charge in [0.15, 0.2) is 12.6 Å². The number of nitrogens with zero attached hydrogens (tertiary/aromatic N) is 1. The molecule has 0 spiro atoms. The van der Waals surface area contributed by atoms with E-state index in [1.54, 1.807) is 14.0 Å². The largest absolute Gasteiger partial charge is 0.388 e. The van der Waals surface area contributed by atoms with Crippen molar-refractivity contribution in [2.75, 3.05) is 59.5 Å². The maximum absolute atomic E-state index is 12.7. The molecular formula is C30H55N5O14. The summed E-state index contributed by atoms with van der Waals surface area (Å²) in [5, 5.41) is 70.4. The Bertz CT molecular complexity index is 1030. The molecule has 2 aliphatic rings. The van der Waals surface area contributed by atoms with E-state index in [2.05, 4.69) is 21.3 Å². The van der Waals surface area contributed by atoms with Crippen molar-refractivity contribution in [3.63, 3.8) is 0 Å². The van der Waals surface area contributed by atoms with Crippen LogP contribution in [0.4, 0.5) is 0 Å². The van der Waals surface area contributed by atoms with E-state index < -0.39 is 79.1 Å². The molecule has 4 amide bonds. The Balaban J connectivity index is 1.82. The van der Waals surface area contributed by atoms with E-state index in [4.69, 9.17) is 18.9 Å². The van der Waals surface area contributed by atoms with Gasteiger partial charge in [-0.1, -0.05) is 13.3 Å². The number of aliphatic hydroxyl groups is 6. The van der Waals surface area contributed by atoms with Crippen LogP contribution in [0.2, 0.25) is 0 Å². The van der Waals surface area contributed by atoms with Gasteiger partial charge in [0.05, 0.1) is 45.1 Å². The van der Waals surface area contributed by atoms with E-state index in [-0.39, 0.29) is 51.8 Å². The number of amides is 4. The Kier molecular flexibility index (Phi) is 19.4. The van der Waals surface area contributed by atoms with E-state index in [9.17, 15) is 49.8 Å². The molecule has 49 heavy (non-hydrogen) atoms. The summed E-state index contributed by atoms with van der Waals surface area (Å²) in [4.78, 5) is 50.7. The number of rotatable bonds is 21. The lowest BCUT2D eigenvalue weighted by molar-refractivity contribution is -0.296. The molecule has 0 unspecified atom stereocenters. The molecule has 19 heteroatoms. The summed E-state index contributed by atoms with van der Waals surface area (Å²) in [6.07, 6.45) is -9.68. The van der Waals surface area contributed by atoms with Crippen molar-refractivity contribution in [3.05, 3.63) is 0 Å². The standard InChI is InChI=1S/C30H55N5O14/c1-4-18-24(41)26(43)28(45)30(49-18)47-13-11-34-22(39)16-35(14-20(37)32-9-7-5-6-8-19(36)31-3)15-21(38)33-10-12-46-29-27(44)25(42)23(40)17(2)48-29/h17-18,23-30,40-45H,4-16H2,1-3H3,(H,31,36)(H,32,37)(H,33,38)(H,34,39)/t17-,18+,23+,24+,25+,26-,27-,28-,29+,30+/m0/s1. The van der Waals surface area contributed by atoms with Gasteiger partial charge in [-0.05, 0) is 26.2 Å². The SMILES string of the molecule is CC[C@H]1O[C@@H](OCCNC(=O)CN(CC(=O)NCCCCCC(=O)NC)CC(=O)NCCO[C@@H]2O[C@@H](C)[C@@H](O)[C@@H](O)[C@@H]2O)[C@@H](O)[C@@H](O)[C@@H]1O. The fraction of sp³-hybridized carbons (Fsp3) is 0.867. The molecule has 10 N–H and O–H groups in total. The topological polar surface area (TPSA) is 278 Å². The second kappa shape index (κ2) is 22.3. The van der Waals surface area contributed by atoms with Crippen LogP contribution in [0.25, 0.3) is 0 Å². The third kappa shape index (κ3) is 14.7. The molecule has 0 aromatic rings. The first kappa shape index (κ1) is 42.6. The van der Waals surface area contributed by atoms with Crippen LogP contribution < -0.4 is 21.3 Å². The predicted molar refractivity (Wildman–Crippen MR) is 169 cm³/mol. The molecule has 2 saturated heterocycles. The Morgan fingerprint density at radius 3 is 1.63 bits per heavy atom. The van der Waals surface area contributed by atoms with Crippen molar-refractivity contribution in [3.8, 4) is 0 Å². The third-order valence-corrected chi connectivity index (χ3v) is 8.08. The van der Waals surface area contributed by atoms with Gasteiger partial charge in [0, 0.05) is 33.1 Å². The number of unbranched alkanes of at least 4 members (excludes halogenated alkanes) is 2. The van der Waals surface area contributed by atoms with Gasteiger partial charge in [0.1, 0.15) is 36.6 Å². The maximum Gasteiger partial charge on any atom is 0.234 e. The summed E-state index contributed by atoms with van der Waals surface area (Å²) >= 11 is 0. The van der Waals surface area contributed by atoms with Crippen LogP contribution in [0.3, 0.4) is 0 Å². The molecule has 0 radical (unpaired) electrons. The minimum absolute atomic E-state index is 0.0279. The molecule has 2 heterocycles. The summed E-state index contributed by atoms with van der Waals surface area (Å²) < 4.78 is 21.7. The fourth-order valence-electron chi connectivity index (χ4n) is 5.16. The fourth-order valence-corrected chi connectivity index (χ4v) is 5.16. The average Bonchev–Trinajstić information content (AvgIpc) is 3.07. The van der Waals surface area contributed by atoms with Crippen LogP contribution in [0.15, 0.2) is 0 Å². The van der Waals surface area contributed by atoms with Crippen molar-refractivity contribution < 1.29 is 68.8 Å². The highest BCUT2D eigenvalue weighted by Gasteiger charge is 2.44. The summed E-state index contributed by atoms with van der Waals surface area (Å²) in [6, 6.07) is 0. The maximum atomic E-state index is 12.7. The number of hydrogen-bond acceptors (Lipinski definition) is 15. The number of carbonyl (C=O) groups excluding carboxylic acids is 4. The number of ether oxygens (including phenoxy) is 4. The molecule has 2 fully saturated rings. The highest BCUT2D eigenvalue weighted by Crippen LogP contribution is 2.24. The normalized spacial score (nSPS) is 30.1. The second-order valence-electron chi connectivity index (χ2n) is 12.0. The summed E-state index contributed by atoms with van der Waals surface area (Å²) in [5.41, 5.74) is 0. The van der Waals surface area contributed by atoms with Gasteiger partial charge in [-0.15, -0.1) is 0 Å². The molecule has 0 aliphatic carbocycles. The van der Waals surface area contributed by atoms with Gasteiger partial charge >= 0.3 is 0 Å². The van der Waals surface area contributed by atoms with Gasteiger partial charge in [0.2, 0.25) is 23.6 Å². The van der Waals surface area contributed by atoms with Gasteiger partial charge in [-0.25, -0.2) is 0 Å². The zero-order valence-corrected chi connectivity index (χ0v) is 28.4. The van der Waals surface area contributed by atoms with Crippen LogP contribution in [0.1, 0.15) is 46.0 Å². The van der Waals surface area contributed by atoms with E-state index in [1.165, 1.54) is 11.8 Å². The molecule has 0 bridgehead atoms. The van der Waals surface area contributed by atoms with Crippen LogP contribution >= 0.6 is 0 Å². The molecule has 2 rings (SSSR count). The molecule has 0 aromatic heterocycles. The van der Waals surface area contributed by atoms with Crippen molar-refractivity contribution >= 4 is 23.6 Å². The smallest absolute Gasteiger partial charge is 0.234 e. The molecule has 0 aromatic carbocycles. The van der Waals surface area contributed by atoms with Gasteiger partial charge in [0.25, 0.3) is 0 Å². The molecule has 10 atom stereocenters. The van der Waals surface area contributed by atoms with Crippen LogP contribution in [0.5, 0.6) is 0 Å². The lowest BCUT2D eigenvalue weighted by Crippen LogP contribution is -2.58. The van der Waals surface area contributed by atoms with Crippen molar-refractivity contribution in [2.24, 2.45) is 0 Å². The molecule has 2 aliphatic heterocycles. The first-order valence-corrected chi connectivity index (χ1v) is 16.6. The minimum atomic E-state index is -1.50. The lowest BCUT2D eigenvalue weighted by Gasteiger charge is -2.40. The Morgan fingerprint density at radius 2 is 1.12 bits per heavy atom. The lowest BCUT2D eigenvalue weighted by atomic mass is 9.97. The Labute approximate surface area is 285 Å². The average molecular weight is 710 g/mol. The first-order chi connectivity index (χ1) is 23.3. The predicted octanol–water partition coefficient (Wildman–Crippen LogP) is -4.98. The van der Waals surface area contributed by atoms with Crippen LogP contribution in [-0.4, -0.2) is 180 Å². The number of aliphatic hydroxyl groups excluding tert-OH is 6. The van der Waals surface area contributed by atoms with Crippen LogP contribution in [0, 0.1) is 0 Å². The number of hydrogen-bond donors (Lipinski definition) is 10. The number of carbonyl (C=O) groups is 4. The first-order valence-electron chi connectivity index (χ1n) is 16.6. The Hall–Kier alpha value is -2.56. The Morgan fingerprint density at radius 1 is 0.633 bits per heavy atom. The molecule has 19 nitrogen and oxygen atoms in total. The monoisotopic (exact) mass is 709 g/mol. The zero-order valence-electron chi connectivity index (χ0n) is 28.4. The molecule has 0 saturated carbocycles.